The van der Waals surface area contributed by atoms with Gasteiger partial charge in [-0.05, 0) is 25.0 Å². The van der Waals surface area contributed by atoms with Crippen LogP contribution in [0.3, 0.4) is 0 Å². The first-order valence-corrected chi connectivity index (χ1v) is 7.11. The van der Waals surface area contributed by atoms with Crippen molar-refractivity contribution in [3.8, 4) is 17.4 Å². The van der Waals surface area contributed by atoms with Crippen LogP contribution in [0.15, 0.2) is 39.7 Å². The van der Waals surface area contributed by atoms with Gasteiger partial charge >= 0.3 is 5.95 Å². The van der Waals surface area contributed by atoms with Gasteiger partial charge in [0.25, 0.3) is 0 Å². The summed E-state index contributed by atoms with van der Waals surface area (Å²) in [6.07, 6.45) is 7.67. The largest absolute Gasteiger partial charge is 0.479 e. The van der Waals surface area contributed by atoms with E-state index >= 15 is 0 Å². The Morgan fingerprint density at radius 3 is 2.65 bits per heavy atom. The van der Waals surface area contributed by atoms with E-state index in [0.717, 1.165) is 18.4 Å². The van der Waals surface area contributed by atoms with Crippen LogP contribution in [0.1, 0.15) is 37.8 Å². The van der Waals surface area contributed by atoms with E-state index in [9.17, 15) is 5.11 Å². The summed E-state index contributed by atoms with van der Waals surface area (Å²) in [6, 6.07) is 9.90. The molecule has 1 fully saturated rings. The summed E-state index contributed by atoms with van der Waals surface area (Å²) in [5, 5.41) is 9.80. The zero-order chi connectivity index (χ0) is 13.8. The lowest BCUT2D eigenvalue weighted by molar-refractivity contribution is 0.337. The Morgan fingerprint density at radius 1 is 1.15 bits per heavy atom. The van der Waals surface area contributed by atoms with Gasteiger partial charge in [-0.15, -0.1) is 0 Å². The van der Waals surface area contributed by atoms with Crippen molar-refractivity contribution < 1.29 is 9.52 Å². The number of nitrogens with zero attached hydrogens (tertiary/aromatic N) is 2. The van der Waals surface area contributed by atoms with E-state index in [-0.39, 0.29) is 5.95 Å². The lowest BCUT2D eigenvalue weighted by atomic mass is 9.96. The number of aromatic hydroxyl groups is 1. The monoisotopic (exact) mass is 270 g/mol. The second-order valence-corrected chi connectivity index (χ2v) is 5.15. The normalized spacial score (nSPS) is 16.8. The molecule has 0 bridgehead atoms. The first-order chi connectivity index (χ1) is 9.83. The molecule has 4 heteroatoms. The van der Waals surface area contributed by atoms with E-state index in [1.165, 1.54) is 19.3 Å². The van der Waals surface area contributed by atoms with Crippen LogP contribution < -0.4 is 0 Å². The second kappa shape index (κ2) is 5.90. The third-order valence-corrected chi connectivity index (χ3v) is 3.64. The number of benzene rings is 1. The molecule has 3 rings (SSSR count). The minimum absolute atomic E-state index is 0.164. The number of hydrogen-bond donors (Lipinski definition) is 1. The molecule has 1 heterocycles. The summed E-state index contributed by atoms with van der Waals surface area (Å²) in [4.78, 5) is 8.81. The Labute approximate surface area is 118 Å². The smallest absolute Gasteiger partial charge is 0.312 e. The van der Waals surface area contributed by atoms with Crippen molar-refractivity contribution in [1.29, 1.82) is 0 Å². The van der Waals surface area contributed by atoms with Gasteiger partial charge in [0, 0.05) is 5.56 Å². The predicted octanol–water partition coefficient (Wildman–Crippen LogP) is 3.80. The van der Waals surface area contributed by atoms with Crippen LogP contribution in [0, 0.1) is 0 Å². The number of aliphatic imine (C=N–C) groups is 1. The van der Waals surface area contributed by atoms with Crippen LogP contribution in [0.5, 0.6) is 5.95 Å². The molecular weight excluding hydrogens is 252 g/mol. The molecule has 1 aromatic heterocycles. The maximum atomic E-state index is 9.80. The van der Waals surface area contributed by atoms with Crippen molar-refractivity contribution in [2.75, 3.05) is 0 Å². The molecule has 0 spiro atoms. The second-order valence-electron chi connectivity index (χ2n) is 5.15. The van der Waals surface area contributed by atoms with E-state index in [2.05, 4.69) is 9.98 Å². The van der Waals surface area contributed by atoms with Gasteiger partial charge in [0.05, 0.1) is 12.3 Å². The highest BCUT2D eigenvalue weighted by atomic mass is 16.5. The fourth-order valence-corrected chi connectivity index (χ4v) is 2.52. The van der Waals surface area contributed by atoms with Gasteiger partial charge in [0.1, 0.15) is 0 Å². The van der Waals surface area contributed by atoms with Gasteiger partial charge in [0.15, 0.2) is 5.69 Å². The molecule has 4 nitrogen and oxygen atoms in total. The SMILES string of the molecule is Oc1oc(-c2ccccc2)nc1C=NC1CCCCC1. The summed E-state index contributed by atoms with van der Waals surface area (Å²) in [7, 11) is 0. The van der Waals surface area contributed by atoms with Gasteiger partial charge in [0.2, 0.25) is 5.89 Å². The summed E-state index contributed by atoms with van der Waals surface area (Å²) >= 11 is 0. The summed E-state index contributed by atoms with van der Waals surface area (Å²) in [5.74, 6) is 0.261. The van der Waals surface area contributed by atoms with Crippen molar-refractivity contribution in [2.24, 2.45) is 4.99 Å². The average Bonchev–Trinajstić information content (AvgIpc) is 2.88. The Hall–Kier alpha value is -2.10. The van der Waals surface area contributed by atoms with E-state index in [1.807, 2.05) is 30.3 Å². The Kier molecular flexibility index (Phi) is 3.81. The molecule has 0 saturated heterocycles. The quantitative estimate of drug-likeness (QED) is 0.863. The highest BCUT2D eigenvalue weighted by Crippen LogP contribution is 2.26. The van der Waals surface area contributed by atoms with Gasteiger partial charge in [-0.1, -0.05) is 37.5 Å². The van der Waals surface area contributed by atoms with E-state index in [1.54, 1.807) is 6.21 Å². The fraction of sp³-hybridized carbons (Fsp3) is 0.375. The average molecular weight is 270 g/mol. The molecule has 0 unspecified atom stereocenters. The van der Waals surface area contributed by atoms with Gasteiger partial charge in [-0.3, -0.25) is 4.99 Å². The van der Waals surface area contributed by atoms with Crippen molar-refractivity contribution in [2.45, 2.75) is 38.1 Å². The maximum absolute atomic E-state index is 9.80. The van der Waals surface area contributed by atoms with Gasteiger partial charge in [-0.25, -0.2) is 4.98 Å². The van der Waals surface area contributed by atoms with Crippen LogP contribution in [-0.4, -0.2) is 22.3 Å². The molecule has 0 amide bonds. The highest BCUT2D eigenvalue weighted by molar-refractivity contribution is 5.80. The van der Waals surface area contributed by atoms with Crippen LogP contribution in [-0.2, 0) is 0 Å². The molecule has 104 valence electrons. The van der Waals surface area contributed by atoms with Crippen molar-refractivity contribution in [3.63, 3.8) is 0 Å². The number of rotatable bonds is 3. The van der Waals surface area contributed by atoms with Crippen LogP contribution in [0.25, 0.3) is 11.5 Å². The van der Waals surface area contributed by atoms with Gasteiger partial charge < -0.3 is 9.52 Å². The van der Waals surface area contributed by atoms with E-state index < -0.39 is 0 Å². The number of oxazole rings is 1. The van der Waals surface area contributed by atoms with Crippen molar-refractivity contribution in [3.05, 3.63) is 36.0 Å². The topological polar surface area (TPSA) is 58.6 Å². The maximum Gasteiger partial charge on any atom is 0.312 e. The molecule has 1 aliphatic carbocycles. The molecular formula is C16H18N2O2. The molecule has 0 radical (unpaired) electrons. The molecule has 1 aromatic carbocycles. The third kappa shape index (κ3) is 2.90. The fourth-order valence-electron chi connectivity index (χ4n) is 2.52. The minimum Gasteiger partial charge on any atom is -0.479 e. The molecule has 1 N–H and O–H groups in total. The molecule has 1 aliphatic rings. The highest BCUT2D eigenvalue weighted by Gasteiger charge is 2.14. The Balaban J connectivity index is 1.77. The zero-order valence-electron chi connectivity index (χ0n) is 11.3. The Morgan fingerprint density at radius 2 is 1.90 bits per heavy atom. The number of hydrogen-bond acceptors (Lipinski definition) is 4. The van der Waals surface area contributed by atoms with Crippen molar-refractivity contribution in [1.82, 2.24) is 4.98 Å². The predicted molar refractivity (Wildman–Crippen MR) is 78.1 cm³/mol. The summed E-state index contributed by atoms with van der Waals surface area (Å²) in [6.45, 7) is 0. The lowest BCUT2D eigenvalue weighted by Crippen LogP contribution is -2.09. The molecule has 20 heavy (non-hydrogen) atoms. The minimum atomic E-state index is -0.164. The molecule has 1 saturated carbocycles. The lowest BCUT2D eigenvalue weighted by Gasteiger charge is -2.16. The molecule has 2 aromatic rings. The van der Waals surface area contributed by atoms with Gasteiger partial charge in [-0.2, -0.15) is 0 Å². The Bertz CT molecular complexity index is 584. The molecule has 0 atom stereocenters. The van der Waals surface area contributed by atoms with Crippen LogP contribution in [0.2, 0.25) is 0 Å². The zero-order valence-corrected chi connectivity index (χ0v) is 11.3. The first kappa shape index (κ1) is 12.9. The first-order valence-electron chi connectivity index (χ1n) is 7.11. The van der Waals surface area contributed by atoms with E-state index in [0.29, 0.717) is 17.6 Å². The van der Waals surface area contributed by atoms with Crippen molar-refractivity contribution >= 4 is 6.21 Å². The van der Waals surface area contributed by atoms with Crippen LogP contribution >= 0.6 is 0 Å². The van der Waals surface area contributed by atoms with Crippen LogP contribution in [0.4, 0.5) is 0 Å². The standard InChI is InChI=1S/C16H18N2O2/c19-16-14(11-17-13-9-5-2-6-10-13)18-15(20-16)12-7-3-1-4-8-12/h1,3-4,7-8,11,13,19H,2,5-6,9-10H2. The third-order valence-electron chi connectivity index (χ3n) is 3.64. The number of aromatic nitrogens is 1. The molecule has 0 aliphatic heterocycles. The summed E-state index contributed by atoms with van der Waals surface area (Å²) in [5.41, 5.74) is 1.26. The summed E-state index contributed by atoms with van der Waals surface area (Å²) < 4.78 is 5.29. The van der Waals surface area contributed by atoms with E-state index in [4.69, 9.17) is 4.42 Å².